The number of hydrogen-bond acceptors (Lipinski definition) is 3. The normalized spacial score (nSPS) is 9.92. The summed E-state index contributed by atoms with van der Waals surface area (Å²) in [5.74, 6) is 0.187. The highest BCUT2D eigenvalue weighted by Crippen LogP contribution is 2.13. The van der Waals surface area contributed by atoms with Crippen LogP contribution < -0.4 is 0 Å². The second-order valence-electron chi connectivity index (χ2n) is 2.47. The van der Waals surface area contributed by atoms with Crippen LogP contribution in [0, 0.1) is 5.82 Å². The highest BCUT2D eigenvalue weighted by Gasteiger charge is 1.99. The average molecular weight is 175 g/mol. The first-order valence-electron chi connectivity index (χ1n) is 3.74. The fraction of sp³-hybridized carbons (Fsp3) is 0. The minimum absolute atomic E-state index is 0.294. The summed E-state index contributed by atoms with van der Waals surface area (Å²) in [6.45, 7) is 0. The van der Waals surface area contributed by atoms with Crippen molar-refractivity contribution in [1.29, 1.82) is 0 Å². The SMILES string of the molecule is Fc1cccc(-c2ncncn2)c1. The van der Waals surface area contributed by atoms with Gasteiger partial charge in [-0.3, -0.25) is 0 Å². The molecule has 0 atom stereocenters. The van der Waals surface area contributed by atoms with E-state index in [0.29, 0.717) is 11.4 Å². The predicted octanol–water partition coefficient (Wildman–Crippen LogP) is 1.68. The second-order valence-corrected chi connectivity index (χ2v) is 2.47. The van der Waals surface area contributed by atoms with Crippen molar-refractivity contribution in [2.75, 3.05) is 0 Å². The van der Waals surface area contributed by atoms with E-state index in [4.69, 9.17) is 0 Å². The molecule has 2 aromatic rings. The van der Waals surface area contributed by atoms with E-state index in [9.17, 15) is 4.39 Å². The van der Waals surface area contributed by atoms with Gasteiger partial charge in [-0.15, -0.1) is 0 Å². The molecule has 0 radical (unpaired) electrons. The maximum atomic E-state index is 12.8. The van der Waals surface area contributed by atoms with Crippen molar-refractivity contribution in [3.05, 3.63) is 42.7 Å². The summed E-state index contributed by atoms with van der Waals surface area (Å²) < 4.78 is 12.8. The van der Waals surface area contributed by atoms with E-state index in [1.807, 2.05) is 0 Å². The zero-order chi connectivity index (χ0) is 9.10. The van der Waals surface area contributed by atoms with E-state index in [2.05, 4.69) is 15.0 Å². The van der Waals surface area contributed by atoms with Gasteiger partial charge in [0, 0.05) is 5.56 Å². The van der Waals surface area contributed by atoms with E-state index in [1.54, 1.807) is 12.1 Å². The van der Waals surface area contributed by atoms with Crippen LogP contribution in [0.15, 0.2) is 36.9 Å². The van der Waals surface area contributed by atoms with Crippen LogP contribution in [0.2, 0.25) is 0 Å². The molecule has 0 aliphatic rings. The van der Waals surface area contributed by atoms with Crippen LogP contribution in [0.5, 0.6) is 0 Å². The van der Waals surface area contributed by atoms with E-state index in [1.165, 1.54) is 24.8 Å². The smallest absolute Gasteiger partial charge is 0.162 e. The molecule has 64 valence electrons. The molecule has 0 saturated carbocycles. The van der Waals surface area contributed by atoms with Crippen molar-refractivity contribution in [2.45, 2.75) is 0 Å². The maximum absolute atomic E-state index is 12.8. The minimum Gasteiger partial charge on any atom is -0.225 e. The molecule has 0 bridgehead atoms. The Morgan fingerprint density at radius 1 is 1.08 bits per heavy atom. The highest BCUT2D eigenvalue weighted by atomic mass is 19.1. The summed E-state index contributed by atoms with van der Waals surface area (Å²) >= 11 is 0. The number of halogens is 1. The zero-order valence-electron chi connectivity index (χ0n) is 6.68. The Hall–Kier alpha value is -1.84. The van der Waals surface area contributed by atoms with Gasteiger partial charge < -0.3 is 0 Å². The summed E-state index contributed by atoms with van der Waals surface area (Å²) in [5, 5.41) is 0. The molecular formula is C9H6FN3. The second kappa shape index (κ2) is 3.26. The first kappa shape index (κ1) is 7.79. The third-order valence-corrected chi connectivity index (χ3v) is 1.58. The molecule has 1 heterocycles. The van der Waals surface area contributed by atoms with Crippen LogP contribution in [0.1, 0.15) is 0 Å². The Bertz CT molecular complexity index is 403. The van der Waals surface area contributed by atoms with E-state index in [-0.39, 0.29) is 5.82 Å². The molecule has 0 saturated heterocycles. The van der Waals surface area contributed by atoms with Crippen LogP contribution >= 0.6 is 0 Å². The number of benzene rings is 1. The topological polar surface area (TPSA) is 38.7 Å². The number of hydrogen-bond donors (Lipinski definition) is 0. The molecule has 0 N–H and O–H groups in total. The van der Waals surface area contributed by atoms with Crippen LogP contribution in [0.4, 0.5) is 4.39 Å². The lowest BCUT2D eigenvalue weighted by Gasteiger charge is -1.97. The van der Waals surface area contributed by atoms with Gasteiger partial charge >= 0.3 is 0 Å². The zero-order valence-corrected chi connectivity index (χ0v) is 6.68. The molecule has 1 aromatic carbocycles. The third kappa shape index (κ3) is 1.66. The van der Waals surface area contributed by atoms with E-state index < -0.39 is 0 Å². The molecule has 4 heteroatoms. The Labute approximate surface area is 74.3 Å². The van der Waals surface area contributed by atoms with Crippen molar-refractivity contribution in [2.24, 2.45) is 0 Å². The lowest BCUT2D eigenvalue weighted by molar-refractivity contribution is 0.628. The minimum atomic E-state index is -0.294. The van der Waals surface area contributed by atoms with Gasteiger partial charge in [-0.1, -0.05) is 12.1 Å². The van der Waals surface area contributed by atoms with Gasteiger partial charge in [0.25, 0.3) is 0 Å². The summed E-state index contributed by atoms with van der Waals surface area (Å²) in [6.07, 6.45) is 2.76. The molecule has 0 amide bonds. The quantitative estimate of drug-likeness (QED) is 0.661. The number of nitrogens with zero attached hydrogens (tertiary/aromatic N) is 3. The molecule has 0 spiro atoms. The van der Waals surface area contributed by atoms with Crippen LogP contribution in [-0.4, -0.2) is 15.0 Å². The molecule has 3 nitrogen and oxygen atoms in total. The molecular weight excluding hydrogens is 169 g/mol. The molecule has 0 aliphatic carbocycles. The van der Waals surface area contributed by atoms with Crippen molar-refractivity contribution in [3.8, 4) is 11.4 Å². The molecule has 0 fully saturated rings. The molecule has 0 aliphatic heterocycles. The van der Waals surface area contributed by atoms with Crippen LogP contribution in [0.25, 0.3) is 11.4 Å². The maximum Gasteiger partial charge on any atom is 0.162 e. The van der Waals surface area contributed by atoms with Crippen LogP contribution in [0.3, 0.4) is 0 Å². The fourth-order valence-electron chi connectivity index (χ4n) is 1.02. The molecule has 2 rings (SSSR count). The van der Waals surface area contributed by atoms with E-state index >= 15 is 0 Å². The predicted molar refractivity (Wildman–Crippen MR) is 45.2 cm³/mol. The van der Waals surface area contributed by atoms with Gasteiger partial charge in [0.15, 0.2) is 5.82 Å². The van der Waals surface area contributed by atoms with Gasteiger partial charge in [0.05, 0.1) is 0 Å². The third-order valence-electron chi connectivity index (χ3n) is 1.58. The highest BCUT2D eigenvalue weighted by molar-refractivity contribution is 5.53. The lowest BCUT2D eigenvalue weighted by Crippen LogP contribution is -1.89. The molecule has 1 aromatic heterocycles. The summed E-state index contributed by atoms with van der Waals surface area (Å²) in [5.41, 5.74) is 0.655. The average Bonchev–Trinajstić information content (AvgIpc) is 2.19. The summed E-state index contributed by atoms with van der Waals surface area (Å²) in [7, 11) is 0. The summed E-state index contributed by atoms with van der Waals surface area (Å²) in [4.78, 5) is 11.5. The molecule has 13 heavy (non-hydrogen) atoms. The fourth-order valence-corrected chi connectivity index (χ4v) is 1.02. The largest absolute Gasteiger partial charge is 0.225 e. The summed E-state index contributed by atoms with van der Waals surface area (Å²) in [6, 6.07) is 6.13. The lowest BCUT2D eigenvalue weighted by atomic mass is 10.2. The number of rotatable bonds is 1. The van der Waals surface area contributed by atoms with Gasteiger partial charge in [-0.25, -0.2) is 19.3 Å². The van der Waals surface area contributed by atoms with Crippen molar-refractivity contribution in [1.82, 2.24) is 15.0 Å². The van der Waals surface area contributed by atoms with Gasteiger partial charge in [0.2, 0.25) is 0 Å². The molecule has 0 unspecified atom stereocenters. The van der Waals surface area contributed by atoms with Gasteiger partial charge in [-0.05, 0) is 12.1 Å². The Kier molecular flexibility index (Phi) is 1.96. The van der Waals surface area contributed by atoms with Crippen molar-refractivity contribution in [3.63, 3.8) is 0 Å². The monoisotopic (exact) mass is 175 g/mol. The van der Waals surface area contributed by atoms with Gasteiger partial charge in [-0.2, -0.15) is 0 Å². The Morgan fingerprint density at radius 2 is 1.85 bits per heavy atom. The Morgan fingerprint density at radius 3 is 2.54 bits per heavy atom. The standard InChI is InChI=1S/C9H6FN3/c10-8-3-1-2-7(4-8)9-12-5-11-6-13-9/h1-6H. The van der Waals surface area contributed by atoms with Crippen LogP contribution in [-0.2, 0) is 0 Å². The van der Waals surface area contributed by atoms with Crippen molar-refractivity contribution >= 4 is 0 Å². The van der Waals surface area contributed by atoms with E-state index in [0.717, 1.165) is 0 Å². The first-order valence-corrected chi connectivity index (χ1v) is 3.74. The number of aromatic nitrogens is 3. The van der Waals surface area contributed by atoms with Crippen molar-refractivity contribution < 1.29 is 4.39 Å². The van der Waals surface area contributed by atoms with Gasteiger partial charge in [0.1, 0.15) is 18.5 Å². The Balaban J connectivity index is 2.48. The first-order chi connectivity index (χ1) is 6.36.